The van der Waals surface area contributed by atoms with Crippen molar-refractivity contribution in [2.45, 2.75) is 32.1 Å². The first-order chi connectivity index (χ1) is 7.36. The predicted octanol–water partition coefficient (Wildman–Crippen LogP) is 2.75. The number of hydrogen-bond acceptors (Lipinski definition) is 2. The smallest absolute Gasteiger partial charge is 0.354 e. The number of rotatable bonds is 3. The number of nitrogens with one attached hydrogen (secondary N) is 1. The molecule has 0 atom stereocenters. The summed E-state index contributed by atoms with van der Waals surface area (Å²) in [5.41, 5.74) is 0.547. The molecule has 0 spiro atoms. The maximum Gasteiger partial charge on any atom is 0.354 e. The van der Waals surface area contributed by atoms with Gasteiger partial charge < -0.3 is 9.72 Å². The number of hydrogen-bond donors (Lipinski definition) is 1. The molecule has 1 aliphatic carbocycles. The molecule has 1 heterocycles. The Balaban J connectivity index is 1.75. The number of esters is 1. The fourth-order valence-corrected chi connectivity index (χ4v) is 2.08. The van der Waals surface area contributed by atoms with Crippen molar-refractivity contribution in [3.05, 3.63) is 24.0 Å². The van der Waals surface area contributed by atoms with Crippen molar-refractivity contribution in [2.75, 3.05) is 6.61 Å². The van der Waals surface area contributed by atoms with E-state index in [2.05, 4.69) is 4.98 Å². The zero-order valence-electron chi connectivity index (χ0n) is 8.87. The monoisotopic (exact) mass is 207 g/mol. The van der Waals surface area contributed by atoms with Gasteiger partial charge >= 0.3 is 5.97 Å². The van der Waals surface area contributed by atoms with E-state index in [4.69, 9.17) is 4.74 Å². The van der Waals surface area contributed by atoms with Crippen molar-refractivity contribution < 1.29 is 9.53 Å². The molecule has 82 valence electrons. The van der Waals surface area contributed by atoms with E-state index < -0.39 is 0 Å². The van der Waals surface area contributed by atoms with Crippen LogP contribution < -0.4 is 0 Å². The van der Waals surface area contributed by atoms with Crippen LogP contribution in [0.5, 0.6) is 0 Å². The van der Waals surface area contributed by atoms with E-state index in [1.807, 2.05) is 0 Å². The van der Waals surface area contributed by atoms with Crippen LogP contribution in [0.15, 0.2) is 18.3 Å². The molecule has 1 aromatic heterocycles. The molecule has 0 aromatic carbocycles. The Morgan fingerprint density at radius 3 is 2.87 bits per heavy atom. The Morgan fingerprint density at radius 1 is 1.40 bits per heavy atom. The van der Waals surface area contributed by atoms with Crippen LogP contribution in [0.25, 0.3) is 0 Å². The van der Waals surface area contributed by atoms with Gasteiger partial charge in [0.05, 0.1) is 6.61 Å². The largest absolute Gasteiger partial charge is 0.461 e. The quantitative estimate of drug-likeness (QED) is 0.774. The second-order valence-electron chi connectivity index (χ2n) is 4.19. The van der Waals surface area contributed by atoms with Crippen molar-refractivity contribution in [1.82, 2.24) is 4.98 Å². The molecular weight excluding hydrogens is 190 g/mol. The van der Waals surface area contributed by atoms with Gasteiger partial charge in [0.15, 0.2) is 0 Å². The van der Waals surface area contributed by atoms with E-state index in [1.165, 1.54) is 32.1 Å². The van der Waals surface area contributed by atoms with Crippen molar-refractivity contribution in [3.8, 4) is 0 Å². The van der Waals surface area contributed by atoms with E-state index in [1.54, 1.807) is 18.3 Å². The molecule has 1 aromatic rings. The average molecular weight is 207 g/mol. The van der Waals surface area contributed by atoms with Crippen LogP contribution in [0.4, 0.5) is 0 Å². The summed E-state index contributed by atoms with van der Waals surface area (Å²) in [7, 11) is 0. The summed E-state index contributed by atoms with van der Waals surface area (Å²) in [6.07, 6.45) is 8.05. The number of carbonyl (C=O) groups excluding carboxylic acids is 1. The summed E-state index contributed by atoms with van der Waals surface area (Å²) >= 11 is 0. The minimum absolute atomic E-state index is 0.231. The molecule has 15 heavy (non-hydrogen) atoms. The highest BCUT2D eigenvalue weighted by Crippen LogP contribution is 2.23. The topological polar surface area (TPSA) is 42.1 Å². The van der Waals surface area contributed by atoms with Gasteiger partial charge in [0.25, 0.3) is 0 Å². The van der Waals surface area contributed by atoms with E-state index >= 15 is 0 Å². The van der Waals surface area contributed by atoms with Crippen molar-refractivity contribution in [1.29, 1.82) is 0 Å². The fourth-order valence-electron chi connectivity index (χ4n) is 2.08. The first-order valence-corrected chi connectivity index (χ1v) is 5.67. The Morgan fingerprint density at radius 2 is 2.20 bits per heavy atom. The van der Waals surface area contributed by atoms with E-state index in [0.717, 1.165) is 0 Å². The van der Waals surface area contributed by atoms with Gasteiger partial charge in [-0.05, 0) is 30.9 Å². The van der Waals surface area contributed by atoms with Crippen molar-refractivity contribution in [2.24, 2.45) is 5.92 Å². The SMILES string of the molecule is O=C(OCC1CCCCC1)c1ccc[nH]1. The summed E-state index contributed by atoms with van der Waals surface area (Å²) in [4.78, 5) is 14.3. The molecule has 1 aliphatic rings. The number of aromatic nitrogens is 1. The van der Waals surface area contributed by atoms with Crippen molar-refractivity contribution in [3.63, 3.8) is 0 Å². The van der Waals surface area contributed by atoms with Gasteiger partial charge in [-0.1, -0.05) is 19.3 Å². The summed E-state index contributed by atoms with van der Waals surface area (Å²) in [6.45, 7) is 0.581. The van der Waals surface area contributed by atoms with Gasteiger partial charge in [-0.25, -0.2) is 4.79 Å². The fraction of sp³-hybridized carbons (Fsp3) is 0.583. The van der Waals surface area contributed by atoms with Crippen molar-refractivity contribution >= 4 is 5.97 Å². The zero-order valence-corrected chi connectivity index (χ0v) is 8.87. The standard InChI is InChI=1S/C12H17NO2/c14-12(11-7-4-8-13-11)15-9-10-5-2-1-3-6-10/h4,7-8,10,13H,1-3,5-6,9H2. The third-order valence-electron chi connectivity index (χ3n) is 2.99. The second-order valence-corrected chi connectivity index (χ2v) is 4.19. The van der Waals surface area contributed by atoms with Crippen LogP contribution in [-0.4, -0.2) is 17.6 Å². The summed E-state index contributed by atoms with van der Waals surface area (Å²) in [5.74, 6) is 0.350. The van der Waals surface area contributed by atoms with Crippen LogP contribution in [0.2, 0.25) is 0 Å². The molecule has 0 unspecified atom stereocenters. The first kappa shape index (κ1) is 10.3. The lowest BCUT2D eigenvalue weighted by Gasteiger charge is -2.20. The molecule has 3 heteroatoms. The highest BCUT2D eigenvalue weighted by atomic mass is 16.5. The molecule has 1 fully saturated rings. The normalized spacial score (nSPS) is 17.6. The Hall–Kier alpha value is -1.25. The average Bonchev–Trinajstić information content (AvgIpc) is 2.81. The lowest BCUT2D eigenvalue weighted by molar-refractivity contribution is 0.0404. The number of aromatic amines is 1. The number of carbonyl (C=O) groups is 1. The Bertz CT molecular complexity index is 299. The molecule has 0 bridgehead atoms. The van der Waals surface area contributed by atoms with Gasteiger partial charge in [-0.3, -0.25) is 0 Å². The molecule has 0 aliphatic heterocycles. The predicted molar refractivity (Wildman–Crippen MR) is 57.7 cm³/mol. The van der Waals surface area contributed by atoms with Gasteiger partial charge in [0.2, 0.25) is 0 Å². The molecule has 1 N–H and O–H groups in total. The van der Waals surface area contributed by atoms with Gasteiger partial charge in [0.1, 0.15) is 5.69 Å². The van der Waals surface area contributed by atoms with Gasteiger partial charge in [-0.15, -0.1) is 0 Å². The van der Waals surface area contributed by atoms with Crippen LogP contribution >= 0.6 is 0 Å². The second kappa shape index (κ2) is 5.01. The lowest BCUT2D eigenvalue weighted by atomic mass is 9.90. The Kier molecular flexibility index (Phi) is 3.43. The molecular formula is C12H17NO2. The summed E-state index contributed by atoms with van der Waals surface area (Å²) in [6, 6.07) is 3.54. The van der Waals surface area contributed by atoms with Crippen LogP contribution in [0.3, 0.4) is 0 Å². The molecule has 2 rings (SSSR count). The molecule has 0 radical (unpaired) electrons. The third-order valence-corrected chi connectivity index (χ3v) is 2.99. The highest BCUT2D eigenvalue weighted by molar-refractivity contribution is 5.87. The van der Waals surface area contributed by atoms with Gasteiger partial charge in [0, 0.05) is 6.20 Å². The van der Waals surface area contributed by atoms with Crippen LogP contribution in [0, 0.1) is 5.92 Å². The third kappa shape index (κ3) is 2.85. The zero-order chi connectivity index (χ0) is 10.5. The summed E-state index contributed by atoms with van der Waals surface area (Å²) in [5, 5.41) is 0. The number of ether oxygens (including phenoxy) is 1. The number of H-pyrrole nitrogens is 1. The lowest BCUT2D eigenvalue weighted by Crippen LogP contribution is -2.16. The van der Waals surface area contributed by atoms with E-state index in [9.17, 15) is 4.79 Å². The molecule has 0 amide bonds. The maximum atomic E-state index is 11.5. The molecule has 1 saturated carbocycles. The first-order valence-electron chi connectivity index (χ1n) is 5.67. The molecule has 3 nitrogen and oxygen atoms in total. The van der Waals surface area contributed by atoms with Gasteiger partial charge in [-0.2, -0.15) is 0 Å². The maximum absolute atomic E-state index is 11.5. The Labute approximate surface area is 89.8 Å². The van der Waals surface area contributed by atoms with E-state index in [-0.39, 0.29) is 5.97 Å². The molecule has 0 saturated heterocycles. The van der Waals surface area contributed by atoms with Crippen LogP contribution in [-0.2, 0) is 4.74 Å². The summed E-state index contributed by atoms with van der Waals surface area (Å²) < 4.78 is 5.26. The minimum Gasteiger partial charge on any atom is -0.461 e. The minimum atomic E-state index is -0.231. The van der Waals surface area contributed by atoms with E-state index in [0.29, 0.717) is 18.2 Å². The van der Waals surface area contributed by atoms with Crippen LogP contribution in [0.1, 0.15) is 42.6 Å². The highest BCUT2D eigenvalue weighted by Gasteiger charge is 2.16.